The monoisotopic (exact) mass is 739 g/mol. The normalized spacial score (nSPS) is 12.9. The smallest absolute Gasteiger partial charge is 0.117 e. The van der Waals surface area contributed by atoms with Crippen molar-refractivity contribution in [1.29, 1.82) is 0 Å². The molecule has 4 heteroatoms. The molecule has 2 unspecified atom stereocenters. The van der Waals surface area contributed by atoms with Gasteiger partial charge in [-0.1, -0.05) is 245 Å². The van der Waals surface area contributed by atoms with Gasteiger partial charge in [0, 0.05) is 24.7 Å². The van der Waals surface area contributed by atoms with Crippen LogP contribution in [0.2, 0.25) is 0 Å². The van der Waals surface area contributed by atoms with E-state index < -0.39 is 0 Å². The highest BCUT2D eigenvalue weighted by Gasteiger charge is 2.25. The van der Waals surface area contributed by atoms with Gasteiger partial charge in [-0.2, -0.15) is 0 Å². The van der Waals surface area contributed by atoms with Crippen molar-refractivity contribution in [1.82, 2.24) is 0 Å². The van der Waals surface area contributed by atoms with Gasteiger partial charge >= 0.3 is 0 Å². The summed E-state index contributed by atoms with van der Waals surface area (Å²) in [6.07, 6.45) is 48.8. The van der Waals surface area contributed by atoms with Crippen LogP contribution in [0.15, 0.2) is 0 Å². The first-order valence-corrected chi connectivity index (χ1v) is 23.9. The largest absolute Gasteiger partial charge is 0.379 e. The SMILES string of the molecule is CCCCCCCCCCCCCCOCC(OCCCCCCCCCCCCCC)C(OCCCCCCCCCCCCCC)C(C)=S. The average Bonchev–Trinajstić information content (AvgIpc) is 3.13. The number of ether oxygens (including phenoxy) is 3. The van der Waals surface area contributed by atoms with Gasteiger partial charge in [0.25, 0.3) is 0 Å². The summed E-state index contributed by atoms with van der Waals surface area (Å²) in [6, 6.07) is 0. The zero-order chi connectivity index (χ0) is 37.1. The number of thiocarbonyl (C=S) groups is 1. The number of unbranched alkanes of at least 4 members (excludes halogenated alkanes) is 33. The lowest BCUT2D eigenvalue weighted by Gasteiger charge is -2.27. The van der Waals surface area contributed by atoms with Crippen molar-refractivity contribution in [2.45, 2.75) is 271 Å². The van der Waals surface area contributed by atoms with Crippen LogP contribution in [0.3, 0.4) is 0 Å². The summed E-state index contributed by atoms with van der Waals surface area (Å²) in [5.41, 5.74) is 0. The van der Waals surface area contributed by atoms with E-state index in [9.17, 15) is 0 Å². The first-order chi connectivity index (χ1) is 25.2. The zero-order valence-corrected chi connectivity index (χ0v) is 36.4. The quantitative estimate of drug-likeness (QED) is 0.0459. The van der Waals surface area contributed by atoms with Crippen LogP contribution in [-0.4, -0.2) is 43.5 Å². The Balaban J connectivity index is 4.32. The molecule has 0 bridgehead atoms. The van der Waals surface area contributed by atoms with Gasteiger partial charge in [-0.3, -0.25) is 0 Å². The lowest BCUT2D eigenvalue weighted by molar-refractivity contribution is -0.0813. The minimum absolute atomic E-state index is 0.0927. The molecule has 0 saturated heterocycles. The third-order valence-corrected chi connectivity index (χ3v) is 11.0. The number of rotatable bonds is 45. The van der Waals surface area contributed by atoms with E-state index >= 15 is 0 Å². The van der Waals surface area contributed by atoms with Crippen LogP contribution in [0.4, 0.5) is 0 Å². The van der Waals surface area contributed by atoms with Crippen molar-refractivity contribution in [3.8, 4) is 0 Å². The third kappa shape index (κ3) is 39.5. The van der Waals surface area contributed by atoms with E-state index in [0.29, 0.717) is 6.61 Å². The maximum atomic E-state index is 6.50. The Kier molecular flexibility index (Phi) is 44.3. The van der Waals surface area contributed by atoms with Crippen molar-refractivity contribution in [3.05, 3.63) is 0 Å². The van der Waals surface area contributed by atoms with E-state index in [4.69, 9.17) is 26.4 Å². The van der Waals surface area contributed by atoms with E-state index in [1.807, 2.05) is 6.92 Å². The van der Waals surface area contributed by atoms with Crippen LogP contribution >= 0.6 is 12.2 Å². The summed E-state index contributed by atoms with van der Waals surface area (Å²) >= 11 is 5.73. The summed E-state index contributed by atoms with van der Waals surface area (Å²) in [6.45, 7) is 11.9. The van der Waals surface area contributed by atoms with Crippen LogP contribution in [0.25, 0.3) is 0 Å². The van der Waals surface area contributed by atoms with Crippen LogP contribution in [-0.2, 0) is 14.2 Å². The van der Waals surface area contributed by atoms with Crippen molar-refractivity contribution in [3.63, 3.8) is 0 Å². The van der Waals surface area contributed by atoms with Crippen molar-refractivity contribution in [2.24, 2.45) is 0 Å². The zero-order valence-electron chi connectivity index (χ0n) is 35.6. The highest BCUT2D eigenvalue weighted by molar-refractivity contribution is 7.80. The lowest BCUT2D eigenvalue weighted by Crippen LogP contribution is -2.40. The second kappa shape index (κ2) is 44.4. The van der Waals surface area contributed by atoms with Crippen LogP contribution in [0.1, 0.15) is 259 Å². The molecule has 0 N–H and O–H groups in total. The highest BCUT2D eigenvalue weighted by Crippen LogP contribution is 2.17. The minimum atomic E-state index is -0.146. The molecule has 0 amide bonds. The number of hydrogen-bond donors (Lipinski definition) is 0. The Morgan fingerprint density at radius 1 is 0.353 bits per heavy atom. The predicted octanol–water partition coefficient (Wildman–Crippen LogP) is 16.3. The molecule has 0 aliphatic carbocycles. The van der Waals surface area contributed by atoms with E-state index in [1.165, 1.54) is 212 Å². The van der Waals surface area contributed by atoms with Gasteiger partial charge in [-0.05, 0) is 26.2 Å². The molecule has 0 aliphatic rings. The van der Waals surface area contributed by atoms with Gasteiger partial charge in [-0.15, -0.1) is 0 Å². The summed E-state index contributed by atoms with van der Waals surface area (Å²) in [7, 11) is 0. The molecule has 51 heavy (non-hydrogen) atoms. The Labute approximate surface area is 327 Å². The van der Waals surface area contributed by atoms with E-state index in [0.717, 1.165) is 43.9 Å². The average molecular weight is 739 g/mol. The summed E-state index contributed by atoms with van der Waals surface area (Å²) < 4.78 is 19.2. The van der Waals surface area contributed by atoms with Crippen molar-refractivity contribution >= 4 is 17.1 Å². The Morgan fingerprint density at radius 2 is 0.608 bits per heavy atom. The van der Waals surface area contributed by atoms with Gasteiger partial charge < -0.3 is 14.2 Å². The van der Waals surface area contributed by atoms with Gasteiger partial charge in [0.15, 0.2) is 0 Å². The van der Waals surface area contributed by atoms with Gasteiger partial charge in [-0.25, -0.2) is 0 Å². The molecule has 2 atom stereocenters. The van der Waals surface area contributed by atoms with Crippen LogP contribution < -0.4 is 0 Å². The van der Waals surface area contributed by atoms with E-state index in [-0.39, 0.29) is 12.2 Å². The molecule has 0 aliphatic heterocycles. The topological polar surface area (TPSA) is 27.7 Å². The van der Waals surface area contributed by atoms with Crippen molar-refractivity contribution < 1.29 is 14.2 Å². The predicted molar refractivity (Wildman–Crippen MR) is 232 cm³/mol. The lowest BCUT2D eigenvalue weighted by atomic mass is 10.1. The second-order valence-corrected chi connectivity index (χ2v) is 16.7. The maximum Gasteiger partial charge on any atom is 0.117 e. The molecule has 0 saturated carbocycles. The van der Waals surface area contributed by atoms with E-state index in [1.54, 1.807) is 0 Å². The number of hydrogen-bond acceptors (Lipinski definition) is 4. The fourth-order valence-electron chi connectivity index (χ4n) is 7.29. The second-order valence-electron chi connectivity index (χ2n) is 16.1. The Bertz CT molecular complexity index is 655. The first-order valence-electron chi connectivity index (χ1n) is 23.5. The standard InChI is InChI=1S/C47H94O3S/c1-5-8-11-14-17-20-23-26-29-32-35-38-41-48-44-46(49-42-39-36-33-30-27-24-21-18-15-12-9-6-2)47(45(4)51)50-43-40-37-34-31-28-25-22-19-16-13-10-7-3/h46-47H,5-44H2,1-4H3. The van der Waals surface area contributed by atoms with E-state index in [2.05, 4.69) is 20.8 Å². The molecular formula is C47H94O3S. The van der Waals surface area contributed by atoms with Crippen molar-refractivity contribution in [2.75, 3.05) is 26.4 Å². The molecule has 0 aromatic heterocycles. The first kappa shape index (κ1) is 51.0. The minimum Gasteiger partial charge on any atom is -0.379 e. The fraction of sp³-hybridized carbons (Fsp3) is 0.979. The third-order valence-electron chi connectivity index (χ3n) is 10.8. The molecule has 0 radical (unpaired) electrons. The molecule has 0 aromatic rings. The molecule has 0 heterocycles. The van der Waals surface area contributed by atoms with Crippen LogP contribution in [0, 0.1) is 0 Å². The molecular weight excluding hydrogens is 645 g/mol. The van der Waals surface area contributed by atoms with Gasteiger partial charge in [0.05, 0.1) is 6.61 Å². The Hall–Kier alpha value is -0.0300. The fourth-order valence-corrected chi connectivity index (χ4v) is 7.50. The summed E-state index contributed by atoms with van der Waals surface area (Å²) in [5.74, 6) is 0. The molecule has 306 valence electrons. The summed E-state index contributed by atoms with van der Waals surface area (Å²) in [5, 5.41) is 0. The van der Waals surface area contributed by atoms with Gasteiger partial charge in [0.2, 0.25) is 0 Å². The maximum absolute atomic E-state index is 6.50. The molecule has 0 spiro atoms. The summed E-state index contributed by atoms with van der Waals surface area (Å²) in [4.78, 5) is 0.905. The molecule has 3 nitrogen and oxygen atoms in total. The molecule has 0 rings (SSSR count). The highest BCUT2D eigenvalue weighted by atomic mass is 32.1. The molecule has 0 aromatic carbocycles. The molecule has 0 fully saturated rings. The van der Waals surface area contributed by atoms with Crippen LogP contribution in [0.5, 0.6) is 0 Å². The van der Waals surface area contributed by atoms with Gasteiger partial charge in [0.1, 0.15) is 12.2 Å². The Morgan fingerprint density at radius 3 is 0.902 bits per heavy atom.